The van der Waals surface area contributed by atoms with Gasteiger partial charge in [-0.25, -0.2) is 13.4 Å². The molecule has 0 radical (unpaired) electrons. The van der Waals surface area contributed by atoms with Crippen LogP contribution in [0.2, 0.25) is 0 Å². The zero-order chi connectivity index (χ0) is 15.0. The predicted octanol–water partition coefficient (Wildman–Crippen LogP) is 1.43. The summed E-state index contributed by atoms with van der Waals surface area (Å²) in [7, 11) is -2.81. The minimum absolute atomic E-state index is 0.105. The van der Waals surface area contributed by atoms with E-state index in [1.165, 1.54) is 11.1 Å². The van der Waals surface area contributed by atoms with Crippen molar-refractivity contribution in [1.29, 1.82) is 0 Å². The van der Waals surface area contributed by atoms with Crippen molar-refractivity contribution in [1.82, 2.24) is 14.9 Å². The maximum absolute atomic E-state index is 11.4. The molecule has 1 aliphatic rings. The summed E-state index contributed by atoms with van der Waals surface area (Å²) < 4.78 is 25.0. The molecule has 1 atom stereocenters. The van der Waals surface area contributed by atoms with Crippen LogP contribution in [0.25, 0.3) is 11.0 Å². The van der Waals surface area contributed by atoms with Crippen LogP contribution in [0.3, 0.4) is 0 Å². The molecule has 5 nitrogen and oxygen atoms in total. The number of benzene rings is 1. The monoisotopic (exact) mass is 307 g/mol. The standard InChI is InChI=1S/C15H21N3O2S/c1-11-7-14-15(8-12(11)2)18(10-17-14)5-4-16-13-3-6-21(19,20)9-13/h7-8,10,13,16H,3-6,9H2,1-2H3. The maximum atomic E-state index is 11.4. The lowest BCUT2D eigenvalue weighted by Gasteiger charge is -2.11. The summed E-state index contributed by atoms with van der Waals surface area (Å²) in [5.74, 6) is 0.590. The minimum Gasteiger partial charge on any atom is -0.329 e. The third kappa shape index (κ3) is 3.11. The van der Waals surface area contributed by atoms with E-state index in [9.17, 15) is 8.42 Å². The van der Waals surface area contributed by atoms with Crippen molar-refractivity contribution in [3.05, 3.63) is 29.6 Å². The molecule has 3 rings (SSSR count). The first-order chi connectivity index (χ1) is 9.94. The highest BCUT2D eigenvalue weighted by Crippen LogP contribution is 2.18. The number of aromatic nitrogens is 2. The Balaban J connectivity index is 1.65. The second kappa shape index (κ2) is 5.42. The molecule has 0 aliphatic carbocycles. The fraction of sp³-hybridized carbons (Fsp3) is 0.533. The number of hydrogen-bond acceptors (Lipinski definition) is 4. The van der Waals surface area contributed by atoms with Gasteiger partial charge in [0.2, 0.25) is 0 Å². The van der Waals surface area contributed by atoms with E-state index in [4.69, 9.17) is 0 Å². The Bertz CT molecular complexity index is 765. The first-order valence-electron chi connectivity index (χ1n) is 7.30. The van der Waals surface area contributed by atoms with Crippen LogP contribution < -0.4 is 5.32 Å². The number of rotatable bonds is 4. The highest BCUT2D eigenvalue weighted by molar-refractivity contribution is 7.91. The van der Waals surface area contributed by atoms with Crippen LogP contribution in [0.15, 0.2) is 18.5 Å². The van der Waals surface area contributed by atoms with Crippen LogP contribution in [-0.2, 0) is 16.4 Å². The summed E-state index contributed by atoms with van der Waals surface area (Å²) in [6.07, 6.45) is 2.59. The number of sulfone groups is 1. The second-order valence-electron chi connectivity index (χ2n) is 5.92. The van der Waals surface area contributed by atoms with Crippen molar-refractivity contribution in [2.24, 2.45) is 0 Å². The number of imidazole rings is 1. The van der Waals surface area contributed by atoms with Crippen molar-refractivity contribution in [3.8, 4) is 0 Å². The molecule has 1 aromatic heterocycles. The predicted molar refractivity (Wildman–Crippen MR) is 84.3 cm³/mol. The van der Waals surface area contributed by atoms with Gasteiger partial charge in [-0.05, 0) is 43.5 Å². The van der Waals surface area contributed by atoms with Gasteiger partial charge in [0.05, 0.1) is 28.9 Å². The van der Waals surface area contributed by atoms with Crippen LogP contribution in [0.4, 0.5) is 0 Å². The van der Waals surface area contributed by atoms with E-state index in [1.54, 1.807) is 0 Å². The van der Waals surface area contributed by atoms with Crippen LogP contribution in [-0.4, -0.2) is 42.1 Å². The zero-order valence-electron chi connectivity index (χ0n) is 12.5. The molecule has 1 saturated heterocycles. The number of hydrogen-bond donors (Lipinski definition) is 1. The third-order valence-electron chi connectivity index (χ3n) is 4.25. The Kier molecular flexibility index (Phi) is 3.75. The van der Waals surface area contributed by atoms with Crippen molar-refractivity contribution in [2.75, 3.05) is 18.1 Å². The van der Waals surface area contributed by atoms with E-state index in [0.29, 0.717) is 5.75 Å². The first-order valence-corrected chi connectivity index (χ1v) is 9.13. The van der Waals surface area contributed by atoms with Crippen molar-refractivity contribution < 1.29 is 8.42 Å². The number of aryl methyl sites for hydroxylation is 2. The minimum atomic E-state index is -2.81. The van der Waals surface area contributed by atoms with Gasteiger partial charge in [-0.15, -0.1) is 0 Å². The molecule has 2 aromatic rings. The van der Waals surface area contributed by atoms with Gasteiger partial charge in [0.25, 0.3) is 0 Å². The van der Waals surface area contributed by atoms with E-state index in [-0.39, 0.29) is 11.8 Å². The Hall–Kier alpha value is -1.40. The zero-order valence-corrected chi connectivity index (χ0v) is 13.3. The lowest BCUT2D eigenvalue weighted by molar-refractivity contribution is 0.524. The summed E-state index contributed by atoms with van der Waals surface area (Å²) in [5, 5.41) is 3.34. The highest BCUT2D eigenvalue weighted by atomic mass is 32.2. The van der Waals surface area contributed by atoms with Gasteiger partial charge in [-0.3, -0.25) is 0 Å². The van der Waals surface area contributed by atoms with E-state index < -0.39 is 9.84 Å². The molecule has 1 fully saturated rings. The lowest BCUT2D eigenvalue weighted by Crippen LogP contribution is -2.32. The topological polar surface area (TPSA) is 64.0 Å². The molecule has 1 aliphatic heterocycles. The van der Waals surface area contributed by atoms with E-state index >= 15 is 0 Å². The van der Waals surface area contributed by atoms with Crippen molar-refractivity contribution in [3.63, 3.8) is 0 Å². The van der Waals surface area contributed by atoms with E-state index in [1.807, 2.05) is 6.33 Å². The second-order valence-corrected chi connectivity index (χ2v) is 8.15. The number of nitrogens with zero attached hydrogens (tertiary/aromatic N) is 2. The van der Waals surface area contributed by atoms with E-state index in [2.05, 4.69) is 40.8 Å². The average Bonchev–Trinajstić information content (AvgIpc) is 2.95. The Labute approximate surface area is 125 Å². The number of fused-ring (bicyclic) bond motifs is 1. The lowest BCUT2D eigenvalue weighted by atomic mass is 10.1. The summed E-state index contributed by atoms with van der Waals surface area (Å²) in [6.45, 7) is 5.76. The summed E-state index contributed by atoms with van der Waals surface area (Å²) in [4.78, 5) is 4.43. The quantitative estimate of drug-likeness (QED) is 0.928. The van der Waals surface area contributed by atoms with Crippen LogP contribution in [0.5, 0.6) is 0 Å². The molecule has 114 valence electrons. The Morgan fingerprint density at radius 1 is 1.33 bits per heavy atom. The van der Waals surface area contributed by atoms with Gasteiger partial charge in [0.1, 0.15) is 0 Å². The van der Waals surface area contributed by atoms with Gasteiger partial charge in [-0.1, -0.05) is 0 Å². The summed E-state index contributed by atoms with van der Waals surface area (Å²) in [6, 6.07) is 4.38. The van der Waals surface area contributed by atoms with Gasteiger partial charge in [0.15, 0.2) is 9.84 Å². The molecule has 0 saturated carbocycles. The fourth-order valence-corrected chi connectivity index (χ4v) is 4.54. The smallest absolute Gasteiger partial charge is 0.151 e. The van der Waals surface area contributed by atoms with Crippen LogP contribution in [0.1, 0.15) is 17.5 Å². The molecule has 21 heavy (non-hydrogen) atoms. The molecule has 1 aromatic carbocycles. The maximum Gasteiger partial charge on any atom is 0.151 e. The molecule has 1 N–H and O–H groups in total. The van der Waals surface area contributed by atoms with Gasteiger partial charge in [0, 0.05) is 19.1 Å². The molecule has 2 heterocycles. The van der Waals surface area contributed by atoms with Crippen molar-refractivity contribution in [2.45, 2.75) is 32.9 Å². The molecule has 0 amide bonds. The third-order valence-corrected chi connectivity index (χ3v) is 6.02. The van der Waals surface area contributed by atoms with Gasteiger partial charge < -0.3 is 9.88 Å². The molecule has 1 unspecified atom stereocenters. The molecule has 0 spiro atoms. The normalized spacial score (nSPS) is 21.1. The van der Waals surface area contributed by atoms with Crippen LogP contribution in [0, 0.1) is 13.8 Å². The Morgan fingerprint density at radius 3 is 2.81 bits per heavy atom. The van der Waals surface area contributed by atoms with E-state index in [0.717, 1.165) is 30.5 Å². The first kappa shape index (κ1) is 14.5. The van der Waals surface area contributed by atoms with Gasteiger partial charge >= 0.3 is 0 Å². The van der Waals surface area contributed by atoms with Crippen molar-refractivity contribution >= 4 is 20.9 Å². The molecule has 6 heteroatoms. The van der Waals surface area contributed by atoms with Gasteiger partial charge in [-0.2, -0.15) is 0 Å². The molecular formula is C15H21N3O2S. The van der Waals surface area contributed by atoms with Crippen LogP contribution >= 0.6 is 0 Å². The largest absolute Gasteiger partial charge is 0.329 e. The average molecular weight is 307 g/mol. The summed E-state index contributed by atoms with van der Waals surface area (Å²) in [5.41, 5.74) is 4.67. The number of nitrogens with one attached hydrogen (secondary N) is 1. The molecular weight excluding hydrogens is 286 g/mol. The molecule has 0 bridgehead atoms. The highest BCUT2D eigenvalue weighted by Gasteiger charge is 2.27. The fourth-order valence-electron chi connectivity index (χ4n) is 2.84. The summed E-state index contributed by atoms with van der Waals surface area (Å²) >= 11 is 0. The SMILES string of the molecule is Cc1cc2ncn(CCNC3CCS(=O)(=O)C3)c2cc1C. The Morgan fingerprint density at radius 2 is 2.10 bits per heavy atom.